The van der Waals surface area contributed by atoms with Crippen molar-refractivity contribution < 1.29 is 4.79 Å². The highest BCUT2D eigenvalue weighted by atomic mass is 35.5. The number of imidazole rings is 1. The first-order valence-corrected chi connectivity index (χ1v) is 10.0. The molecule has 0 bridgehead atoms. The summed E-state index contributed by atoms with van der Waals surface area (Å²) in [6, 6.07) is 7.31. The van der Waals surface area contributed by atoms with Crippen LogP contribution < -0.4 is 11.2 Å². The van der Waals surface area contributed by atoms with Gasteiger partial charge in [0.1, 0.15) is 23.9 Å². The van der Waals surface area contributed by atoms with Crippen LogP contribution in [0.4, 0.5) is 0 Å². The van der Waals surface area contributed by atoms with Crippen LogP contribution in [0.1, 0.15) is 51.1 Å². The Hall–Kier alpha value is -3.00. The third kappa shape index (κ3) is 5.29. The van der Waals surface area contributed by atoms with Crippen molar-refractivity contribution in [3.8, 4) is 5.69 Å². The van der Waals surface area contributed by atoms with Crippen molar-refractivity contribution in [3.63, 3.8) is 0 Å². The van der Waals surface area contributed by atoms with Gasteiger partial charge < -0.3 is 5.73 Å². The topological polar surface area (TPSA) is 111 Å². The molecule has 29 heavy (non-hydrogen) atoms. The Morgan fingerprint density at radius 3 is 2.66 bits per heavy atom. The van der Waals surface area contributed by atoms with Crippen molar-refractivity contribution in [2.75, 3.05) is 0 Å². The van der Waals surface area contributed by atoms with Gasteiger partial charge in [-0.3, -0.25) is 9.36 Å². The molecule has 152 valence electrons. The fourth-order valence-corrected chi connectivity index (χ4v) is 3.06. The van der Waals surface area contributed by atoms with Gasteiger partial charge in [0.2, 0.25) is 5.91 Å². The minimum Gasteiger partial charge on any atom is -0.380 e. The molecule has 1 amide bonds. The summed E-state index contributed by atoms with van der Waals surface area (Å²) in [4.78, 5) is 24.8. The largest absolute Gasteiger partial charge is 0.380 e. The maximum absolute atomic E-state index is 12.0. The fraction of sp³-hybridized carbons (Fsp3) is 0.350. The van der Waals surface area contributed by atoms with Gasteiger partial charge in [0.15, 0.2) is 11.5 Å². The first-order chi connectivity index (χ1) is 14.1. The molecule has 3 N–H and O–H groups in total. The Balaban J connectivity index is 1.71. The number of aromatic nitrogens is 4. The number of hydrazone groups is 1. The molecular formula is C20H24ClN7O. The molecular weight excluding hydrogens is 390 g/mol. The SMILES string of the molecule is CCCCCCCC(=O)N/N=C(\N)c1ncnc2c1ncn2-c1ccc(Cl)cc1. The number of unbranched alkanes of at least 4 members (excludes halogenated alkanes) is 4. The number of carbonyl (C=O) groups excluding carboxylic acids is 1. The number of hydrogen-bond acceptors (Lipinski definition) is 5. The van der Waals surface area contributed by atoms with Gasteiger partial charge in [-0.05, 0) is 30.7 Å². The van der Waals surface area contributed by atoms with Crippen molar-refractivity contribution in [2.24, 2.45) is 10.8 Å². The van der Waals surface area contributed by atoms with Crippen LogP contribution in [0.3, 0.4) is 0 Å². The number of benzene rings is 1. The number of halogens is 1. The number of rotatable bonds is 9. The van der Waals surface area contributed by atoms with Crippen LogP contribution in [0, 0.1) is 0 Å². The summed E-state index contributed by atoms with van der Waals surface area (Å²) in [5.41, 5.74) is 10.8. The average molecular weight is 414 g/mol. The fourth-order valence-electron chi connectivity index (χ4n) is 2.93. The van der Waals surface area contributed by atoms with Crippen LogP contribution in [0.5, 0.6) is 0 Å². The zero-order valence-corrected chi connectivity index (χ0v) is 17.1. The first kappa shape index (κ1) is 20.7. The molecule has 0 saturated carbocycles. The Bertz CT molecular complexity index is 998. The highest BCUT2D eigenvalue weighted by Crippen LogP contribution is 2.19. The van der Waals surface area contributed by atoms with Crippen LogP contribution in [0.25, 0.3) is 16.9 Å². The molecule has 2 heterocycles. The molecule has 0 unspecified atom stereocenters. The number of fused-ring (bicyclic) bond motifs is 1. The molecule has 0 aliphatic rings. The Kier molecular flexibility index (Phi) is 7.13. The normalized spacial score (nSPS) is 11.7. The number of nitrogens with two attached hydrogens (primary N) is 1. The van der Waals surface area contributed by atoms with E-state index in [0.29, 0.717) is 28.3 Å². The smallest absolute Gasteiger partial charge is 0.240 e. The lowest BCUT2D eigenvalue weighted by Crippen LogP contribution is -2.24. The summed E-state index contributed by atoms with van der Waals surface area (Å²) in [6.07, 6.45) is 8.83. The minimum absolute atomic E-state index is 0.0816. The number of carbonyl (C=O) groups is 1. The zero-order chi connectivity index (χ0) is 20.6. The van der Waals surface area contributed by atoms with Crippen LogP contribution >= 0.6 is 11.6 Å². The predicted octanol–water partition coefficient (Wildman–Crippen LogP) is 3.57. The van der Waals surface area contributed by atoms with E-state index in [4.69, 9.17) is 17.3 Å². The third-order valence-corrected chi connectivity index (χ3v) is 4.74. The van der Waals surface area contributed by atoms with E-state index < -0.39 is 0 Å². The van der Waals surface area contributed by atoms with Gasteiger partial charge in [-0.15, -0.1) is 0 Å². The predicted molar refractivity (Wildman–Crippen MR) is 114 cm³/mol. The molecule has 0 saturated heterocycles. The van der Waals surface area contributed by atoms with Gasteiger partial charge >= 0.3 is 0 Å². The highest BCUT2D eigenvalue weighted by Gasteiger charge is 2.14. The quantitative estimate of drug-likeness (QED) is 0.241. The number of nitrogens with zero attached hydrogens (tertiary/aromatic N) is 5. The van der Waals surface area contributed by atoms with Crippen LogP contribution in [-0.2, 0) is 4.79 Å². The maximum atomic E-state index is 12.0. The van der Waals surface area contributed by atoms with E-state index in [1.165, 1.54) is 19.2 Å². The first-order valence-electron chi connectivity index (χ1n) is 9.66. The van der Waals surface area contributed by atoms with Gasteiger partial charge in [0, 0.05) is 17.1 Å². The van der Waals surface area contributed by atoms with E-state index in [2.05, 4.69) is 32.4 Å². The molecule has 9 heteroatoms. The number of hydrogen-bond donors (Lipinski definition) is 2. The van der Waals surface area contributed by atoms with Crippen molar-refractivity contribution in [3.05, 3.63) is 47.6 Å². The summed E-state index contributed by atoms with van der Waals surface area (Å²) in [5.74, 6) is -0.0838. The number of amides is 1. The molecule has 0 fully saturated rings. The lowest BCUT2D eigenvalue weighted by Gasteiger charge is -2.05. The second-order valence-corrected chi connectivity index (χ2v) is 7.12. The highest BCUT2D eigenvalue weighted by molar-refractivity contribution is 6.30. The van der Waals surface area contributed by atoms with Crippen molar-refractivity contribution in [1.82, 2.24) is 24.9 Å². The van der Waals surface area contributed by atoms with Gasteiger partial charge in [0.05, 0.1) is 0 Å². The standard InChI is InChI=1S/C20H24ClN7O/c1-2-3-4-5-6-7-16(29)26-27-19(22)17-18-20(24-12-23-17)28(13-25-18)15-10-8-14(21)9-11-15/h8-13H,2-7H2,1H3,(H2,22,27)(H,26,29). The lowest BCUT2D eigenvalue weighted by atomic mass is 10.1. The van der Waals surface area contributed by atoms with Crippen molar-refractivity contribution in [2.45, 2.75) is 45.4 Å². The molecule has 2 aromatic heterocycles. The van der Waals surface area contributed by atoms with Gasteiger partial charge in [-0.25, -0.2) is 20.4 Å². The molecule has 0 spiro atoms. The van der Waals surface area contributed by atoms with Crippen LogP contribution in [0.15, 0.2) is 42.0 Å². The van der Waals surface area contributed by atoms with Crippen molar-refractivity contribution in [1.29, 1.82) is 0 Å². The van der Waals surface area contributed by atoms with Gasteiger partial charge in [0.25, 0.3) is 0 Å². The Morgan fingerprint density at radius 1 is 1.14 bits per heavy atom. The van der Waals surface area contributed by atoms with E-state index >= 15 is 0 Å². The van der Waals surface area contributed by atoms with E-state index in [-0.39, 0.29) is 11.7 Å². The summed E-state index contributed by atoms with van der Waals surface area (Å²) in [7, 11) is 0. The lowest BCUT2D eigenvalue weighted by molar-refractivity contribution is -0.121. The summed E-state index contributed by atoms with van der Waals surface area (Å²) >= 11 is 5.96. The molecule has 3 aromatic rings. The Morgan fingerprint density at radius 2 is 1.90 bits per heavy atom. The second kappa shape index (κ2) is 9.97. The zero-order valence-electron chi connectivity index (χ0n) is 16.3. The van der Waals surface area contributed by atoms with Crippen LogP contribution in [0.2, 0.25) is 5.02 Å². The summed E-state index contributed by atoms with van der Waals surface area (Å²) in [6.45, 7) is 2.16. The molecule has 3 rings (SSSR count). The van der Waals surface area contributed by atoms with E-state index in [1.54, 1.807) is 23.0 Å². The minimum atomic E-state index is -0.165. The van der Waals surface area contributed by atoms with E-state index in [1.807, 2.05) is 12.1 Å². The number of nitrogens with one attached hydrogen (secondary N) is 1. The summed E-state index contributed by atoms with van der Waals surface area (Å²) < 4.78 is 1.80. The monoisotopic (exact) mass is 413 g/mol. The third-order valence-electron chi connectivity index (χ3n) is 4.49. The van der Waals surface area contributed by atoms with Crippen LogP contribution in [-0.4, -0.2) is 31.3 Å². The molecule has 0 aliphatic heterocycles. The van der Waals surface area contributed by atoms with E-state index in [0.717, 1.165) is 24.9 Å². The van der Waals surface area contributed by atoms with Gasteiger partial charge in [-0.2, -0.15) is 5.10 Å². The van der Waals surface area contributed by atoms with Crippen molar-refractivity contribution >= 4 is 34.5 Å². The molecule has 0 radical (unpaired) electrons. The molecule has 8 nitrogen and oxygen atoms in total. The molecule has 0 atom stereocenters. The van der Waals surface area contributed by atoms with Gasteiger partial charge in [-0.1, -0.05) is 44.2 Å². The number of amidine groups is 1. The second-order valence-electron chi connectivity index (χ2n) is 6.68. The summed E-state index contributed by atoms with van der Waals surface area (Å²) in [5, 5.41) is 4.64. The average Bonchev–Trinajstić information content (AvgIpc) is 3.16. The maximum Gasteiger partial charge on any atom is 0.240 e. The van der Waals surface area contributed by atoms with E-state index in [9.17, 15) is 4.79 Å². The Labute approximate surface area is 174 Å². The molecule has 1 aromatic carbocycles. The molecule has 0 aliphatic carbocycles.